The van der Waals surface area contributed by atoms with Gasteiger partial charge in [0.25, 0.3) is 5.91 Å². The van der Waals surface area contributed by atoms with E-state index in [1.807, 2.05) is 30.2 Å². The summed E-state index contributed by atoms with van der Waals surface area (Å²) in [5.41, 5.74) is 1.40. The minimum atomic E-state index is 0.0185. The molecule has 2 aromatic heterocycles. The maximum atomic E-state index is 12.5. The Morgan fingerprint density at radius 1 is 1.45 bits per heavy atom. The van der Waals surface area contributed by atoms with Crippen LogP contribution < -0.4 is 0 Å². The smallest absolute Gasteiger partial charge is 0.272 e. The third-order valence-electron chi connectivity index (χ3n) is 3.72. The number of pyridine rings is 1. The Labute approximate surface area is 118 Å². The minimum absolute atomic E-state index is 0.0185. The van der Waals surface area contributed by atoms with Crippen molar-refractivity contribution in [3.05, 3.63) is 47.8 Å². The quantitative estimate of drug-likeness (QED) is 0.909. The number of likely N-dealkylation sites (tertiary alicyclic amines) is 1. The fraction of sp³-hybridized carbons (Fsp3) is 0.400. The van der Waals surface area contributed by atoms with Gasteiger partial charge in [0, 0.05) is 37.1 Å². The number of piperidine rings is 1. The third kappa shape index (κ3) is 2.57. The van der Waals surface area contributed by atoms with Crippen molar-refractivity contribution in [1.29, 1.82) is 0 Å². The van der Waals surface area contributed by atoms with E-state index in [9.17, 15) is 4.79 Å². The lowest BCUT2D eigenvalue weighted by atomic mass is 9.97. The third-order valence-corrected chi connectivity index (χ3v) is 3.72. The zero-order valence-corrected chi connectivity index (χ0v) is 11.5. The number of aromatic amines is 1. The second-order valence-corrected chi connectivity index (χ2v) is 5.23. The van der Waals surface area contributed by atoms with Crippen molar-refractivity contribution in [2.24, 2.45) is 0 Å². The van der Waals surface area contributed by atoms with E-state index in [4.69, 9.17) is 0 Å². The SMILES string of the molecule is Cc1cccc(C(=O)N2CCCC(c3ncc[nH]3)C2)n1. The van der Waals surface area contributed by atoms with E-state index in [2.05, 4.69) is 15.0 Å². The molecular weight excluding hydrogens is 252 g/mol. The molecule has 3 rings (SSSR count). The number of amides is 1. The molecule has 0 aliphatic carbocycles. The monoisotopic (exact) mass is 270 g/mol. The lowest BCUT2D eigenvalue weighted by molar-refractivity contribution is 0.0698. The summed E-state index contributed by atoms with van der Waals surface area (Å²) in [7, 11) is 0. The molecule has 2 aromatic rings. The maximum absolute atomic E-state index is 12.5. The van der Waals surface area contributed by atoms with Gasteiger partial charge in [0.2, 0.25) is 0 Å². The highest BCUT2D eigenvalue weighted by Crippen LogP contribution is 2.25. The molecule has 3 heterocycles. The van der Waals surface area contributed by atoms with Crippen molar-refractivity contribution < 1.29 is 4.79 Å². The Bertz CT molecular complexity index is 594. The van der Waals surface area contributed by atoms with Crippen LogP contribution >= 0.6 is 0 Å². The number of carbonyl (C=O) groups excluding carboxylic acids is 1. The first kappa shape index (κ1) is 12.8. The predicted molar refractivity (Wildman–Crippen MR) is 75.4 cm³/mol. The van der Waals surface area contributed by atoms with Gasteiger partial charge in [-0.25, -0.2) is 9.97 Å². The number of nitrogens with one attached hydrogen (secondary N) is 1. The summed E-state index contributed by atoms with van der Waals surface area (Å²) in [6, 6.07) is 5.56. The number of imidazole rings is 1. The summed E-state index contributed by atoms with van der Waals surface area (Å²) < 4.78 is 0. The van der Waals surface area contributed by atoms with E-state index >= 15 is 0 Å². The highest BCUT2D eigenvalue weighted by Gasteiger charge is 2.27. The van der Waals surface area contributed by atoms with Crippen molar-refractivity contribution in [3.8, 4) is 0 Å². The Hall–Kier alpha value is -2.17. The van der Waals surface area contributed by atoms with Gasteiger partial charge in [0.1, 0.15) is 11.5 Å². The van der Waals surface area contributed by atoms with E-state index in [1.165, 1.54) is 0 Å². The average molecular weight is 270 g/mol. The predicted octanol–water partition coefficient (Wildman–Crippen LogP) is 2.13. The lowest BCUT2D eigenvalue weighted by Gasteiger charge is -2.31. The van der Waals surface area contributed by atoms with Gasteiger partial charge in [0.05, 0.1) is 0 Å². The molecule has 1 aliphatic heterocycles. The lowest BCUT2D eigenvalue weighted by Crippen LogP contribution is -2.39. The molecule has 0 saturated carbocycles. The normalized spacial score (nSPS) is 19.1. The molecule has 1 atom stereocenters. The molecule has 1 saturated heterocycles. The second kappa shape index (κ2) is 5.45. The number of rotatable bonds is 2. The Morgan fingerprint density at radius 2 is 2.35 bits per heavy atom. The van der Waals surface area contributed by atoms with Gasteiger partial charge in [-0.1, -0.05) is 6.07 Å². The van der Waals surface area contributed by atoms with Crippen LogP contribution in [0.25, 0.3) is 0 Å². The van der Waals surface area contributed by atoms with E-state index in [-0.39, 0.29) is 5.91 Å². The fourth-order valence-electron chi connectivity index (χ4n) is 2.71. The van der Waals surface area contributed by atoms with Gasteiger partial charge in [-0.2, -0.15) is 0 Å². The Balaban J connectivity index is 1.75. The number of aryl methyl sites for hydroxylation is 1. The molecule has 0 bridgehead atoms. The summed E-state index contributed by atoms with van der Waals surface area (Å²) in [6.07, 6.45) is 5.66. The topological polar surface area (TPSA) is 61.9 Å². The number of nitrogens with zero attached hydrogens (tertiary/aromatic N) is 3. The standard InChI is InChI=1S/C15H18N4O/c1-11-4-2-6-13(18-11)15(20)19-9-3-5-12(10-19)14-16-7-8-17-14/h2,4,6-8,12H,3,5,9-10H2,1H3,(H,16,17). The first-order valence-electron chi connectivity index (χ1n) is 6.96. The van der Waals surface area contributed by atoms with Gasteiger partial charge in [-0.15, -0.1) is 0 Å². The summed E-state index contributed by atoms with van der Waals surface area (Å²) in [4.78, 5) is 26.2. The van der Waals surface area contributed by atoms with Crippen molar-refractivity contribution in [3.63, 3.8) is 0 Å². The summed E-state index contributed by atoms with van der Waals surface area (Å²) in [5.74, 6) is 1.29. The van der Waals surface area contributed by atoms with Crippen molar-refractivity contribution in [2.75, 3.05) is 13.1 Å². The molecule has 5 heteroatoms. The van der Waals surface area contributed by atoms with Crippen LogP contribution in [-0.4, -0.2) is 38.8 Å². The van der Waals surface area contributed by atoms with E-state index in [0.29, 0.717) is 18.2 Å². The van der Waals surface area contributed by atoms with Gasteiger partial charge < -0.3 is 9.88 Å². The molecule has 20 heavy (non-hydrogen) atoms. The van der Waals surface area contributed by atoms with Crippen LogP contribution in [0.15, 0.2) is 30.6 Å². The largest absolute Gasteiger partial charge is 0.348 e. The minimum Gasteiger partial charge on any atom is -0.348 e. The van der Waals surface area contributed by atoms with Crippen LogP contribution in [0.3, 0.4) is 0 Å². The Kier molecular flexibility index (Phi) is 3.50. The first-order chi connectivity index (χ1) is 9.74. The van der Waals surface area contributed by atoms with E-state index in [1.54, 1.807) is 12.3 Å². The zero-order chi connectivity index (χ0) is 13.9. The van der Waals surface area contributed by atoms with Crippen molar-refractivity contribution in [1.82, 2.24) is 19.9 Å². The molecule has 5 nitrogen and oxygen atoms in total. The van der Waals surface area contributed by atoms with Crippen LogP contribution in [0.4, 0.5) is 0 Å². The number of carbonyl (C=O) groups is 1. The molecule has 1 amide bonds. The molecule has 1 N–H and O–H groups in total. The van der Waals surface area contributed by atoms with Crippen molar-refractivity contribution in [2.45, 2.75) is 25.7 Å². The van der Waals surface area contributed by atoms with Crippen LogP contribution in [0.2, 0.25) is 0 Å². The maximum Gasteiger partial charge on any atom is 0.272 e. The molecule has 0 radical (unpaired) electrons. The fourth-order valence-corrected chi connectivity index (χ4v) is 2.71. The number of hydrogen-bond donors (Lipinski definition) is 1. The van der Waals surface area contributed by atoms with Crippen LogP contribution in [0.5, 0.6) is 0 Å². The van der Waals surface area contributed by atoms with E-state index < -0.39 is 0 Å². The molecule has 1 unspecified atom stereocenters. The van der Waals surface area contributed by atoms with Crippen LogP contribution in [0.1, 0.15) is 40.8 Å². The number of hydrogen-bond acceptors (Lipinski definition) is 3. The molecule has 1 fully saturated rings. The highest BCUT2D eigenvalue weighted by molar-refractivity contribution is 5.92. The molecular formula is C15H18N4O. The second-order valence-electron chi connectivity index (χ2n) is 5.23. The first-order valence-corrected chi connectivity index (χ1v) is 6.96. The van der Waals surface area contributed by atoms with Crippen LogP contribution in [-0.2, 0) is 0 Å². The van der Waals surface area contributed by atoms with Gasteiger partial charge in [-0.05, 0) is 31.9 Å². The van der Waals surface area contributed by atoms with E-state index in [0.717, 1.165) is 30.9 Å². The molecule has 0 aromatic carbocycles. The Morgan fingerprint density at radius 3 is 3.10 bits per heavy atom. The number of aromatic nitrogens is 3. The van der Waals surface area contributed by atoms with Gasteiger partial charge in [-0.3, -0.25) is 4.79 Å². The molecule has 0 spiro atoms. The number of H-pyrrole nitrogens is 1. The molecule has 1 aliphatic rings. The zero-order valence-electron chi connectivity index (χ0n) is 11.5. The van der Waals surface area contributed by atoms with Gasteiger partial charge in [0.15, 0.2) is 0 Å². The summed E-state index contributed by atoms with van der Waals surface area (Å²) >= 11 is 0. The van der Waals surface area contributed by atoms with Crippen molar-refractivity contribution >= 4 is 5.91 Å². The van der Waals surface area contributed by atoms with Gasteiger partial charge >= 0.3 is 0 Å². The highest BCUT2D eigenvalue weighted by atomic mass is 16.2. The summed E-state index contributed by atoms with van der Waals surface area (Å²) in [6.45, 7) is 3.41. The average Bonchev–Trinajstić information content (AvgIpc) is 3.01. The van der Waals surface area contributed by atoms with Crippen LogP contribution in [0, 0.1) is 6.92 Å². The molecule has 104 valence electrons. The summed E-state index contributed by atoms with van der Waals surface area (Å²) in [5, 5.41) is 0.